The summed E-state index contributed by atoms with van der Waals surface area (Å²) in [6, 6.07) is 21.9. The fourth-order valence-electron chi connectivity index (χ4n) is 2.45. The molecular formula is C21H17NO2. The molecule has 0 saturated carbocycles. The predicted molar refractivity (Wildman–Crippen MR) is 96.4 cm³/mol. The number of phenolic OH excluding ortho intramolecular Hbond substituents is 1. The highest BCUT2D eigenvalue weighted by Gasteiger charge is 2.13. The van der Waals surface area contributed by atoms with Gasteiger partial charge in [-0.15, -0.1) is 0 Å². The Hall–Kier alpha value is -3.20. The number of phenols is 1. The summed E-state index contributed by atoms with van der Waals surface area (Å²) in [7, 11) is 0. The number of aliphatic imine (C=N–C) groups is 1. The molecule has 3 nitrogen and oxygen atoms in total. The number of carbonyl (C=O) groups excluding carboxylic acids is 1. The lowest BCUT2D eigenvalue weighted by Crippen LogP contribution is -2.03. The van der Waals surface area contributed by atoms with Crippen molar-refractivity contribution in [3.05, 3.63) is 95.1 Å². The van der Waals surface area contributed by atoms with Crippen LogP contribution in [0.15, 0.2) is 77.8 Å². The second-order valence-corrected chi connectivity index (χ2v) is 5.52. The Balaban J connectivity index is 1.97. The van der Waals surface area contributed by atoms with Gasteiger partial charge in [-0.25, -0.2) is 0 Å². The predicted octanol–water partition coefficient (Wildman–Crippen LogP) is 4.68. The number of ketones is 1. The molecular weight excluding hydrogens is 298 g/mol. The van der Waals surface area contributed by atoms with Crippen LogP contribution < -0.4 is 0 Å². The van der Waals surface area contributed by atoms with E-state index in [9.17, 15) is 9.90 Å². The molecule has 3 aromatic carbocycles. The molecule has 3 heteroatoms. The normalized spacial score (nSPS) is 10.9. The molecule has 0 unspecified atom stereocenters. The molecule has 3 aromatic rings. The fourth-order valence-corrected chi connectivity index (χ4v) is 2.45. The van der Waals surface area contributed by atoms with E-state index in [1.165, 1.54) is 0 Å². The van der Waals surface area contributed by atoms with Gasteiger partial charge in [-0.3, -0.25) is 9.79 Å². The Bertz CT molecular complexity index is 884. The van der Waals surface area contributed by atoms with Gasteiger partial charge in [0.1, 0.15) is 5.75 Å². The van der Waals surface area contributed by atoms with Crippen LogP contribution in [0.5, 0.6) is 5.75 Å². The van der Waals surface area contributed by atoms with E-state index in [-0.39, 0.29) is 11.5 Å². The van der Waals surface area contributed by atoms with Crippen LogP contribution in [0.1, 0.15) is 27.0 Å². The molecule has 0 bridgehead atoms. The molecule has 0 aliphatic heterocycles. The van der Waals surface area contributed by atoms with Crippen LogP contribution in [0.4, 0.5) is 5.69 Å². The average molecular weight is 315 g/mol. The molecule has 3 rings (SSSR count). The molecule has 0 aliphatic carbocycles. The lowest BCUT2D eigenvalue weighted by Gasteiger charge is -2.08. The first-order valence-electron chi connectivity index (χ1n) is 7.67. The third kappa shape index (κ3) is 3.41. The minimum atomic E-state index is -0.0759. The molecule has 24 heavy (non-hydrogen) atoms. The minimum Gasteiger partial charge on any atom is -0.507 e. The van der Waals surface area contributed by atoms with Crippen LogP contribution in [0.2, 0.25) is 0 Å². The van der Waals surface area contributed by atoms with Crippen molar-refractivity contribution in [1.29, 1.82) is 0 Å². The second kappa shape index (κ2) is 6.92. The molecule has 0 amide bonds. The summed E-state index contributed by atoms with van der Waals surface area (Å²) in [5.41, 5.74) is 3.11. The van der Waals surface area contributed by atoms with Gasteiger partial charge in [0, 0.05) is 22.9 Å². The standard InChI is InChI=1S/C21H17NO2/c1-15-12-17(21(24)16-8-4-2-5-9-16)13-18(20(15)23)14-22-19-10-6-3-7-11-19/h2-14,23H,1H3. The molecule has 0 aliphatic rings. The van der Waals surface area contributed by atoms with Crippen molar-refractivity contribution in [2.24, 2.45) is 4.99 Å². The molecule has 0 spiro atoms. The number of rotatable bonds is 4. The SMILES string of the molecule is Cc1cc(C(=O)c2ccccc2)cc(C=Nc2ccccc2)c1O. The number of aromatic hydroxyl groups is 1. The third-order valence-electron chi connectivity index (χ3n) is 3.74. The van der Waals surface area contributed by atoms with Gasteiger partial charge in [-0.05, 0) is 36.8 Å². The van der Waals surface area contributed by atoms with E-state index in [0.717, 1.165) is 5.69 Å². The van der Waals surface area contributed by atoms with E-state index >= 15 is 0 Å². The van der Waals surface area contributed by atoms with Crippen LogP contribution in [0.3, 0.4) is 0 Å². The summed E-state index contributed by atoms with van der Waals surface area (Å²) in [4.78, 5) is 17.0. The number of carbonyl (C=O) groups is 1. The third-order valence-corrected chi connectivity index (χ3v) is 3.74. The molecule has 0 aromatic heterocycles. The summed E-state index contributed by atoms with van der Waals surface area (Å²) in [6.07, 6.45) is 1.58. The van der Waals surface area contributed by atoms with Crippen molar-refractivity contribution in [2.75, 3.05) is 0 Å². The number of nitrogens with zero attached hydrogens (tertiary/aromatic N) is 1. The maximum atomic E-state index is 12.6. The van der Waals surface area contributed by atoms with E-state index in [1.807, 2.05) is 48.5 Å². The first kappa shape index (κ1) is 15.7. The topological polar surface area (TPSA) is 49.7 Å². The van der Waals surface area contributed by atoms with E-state index < -0.39 is 0 Å². The van der Waals surface area contributed by atoms with Crippen molar-refractivity contribution in [3.63, 3.8) is 0 Å². The summed E-state index contributed by atoms with van der Waals surface area (Å²) in [6.45, 7) is 1.77. The molecule has 0 fully saturated rings. The molecule has 0 radical (unpaired) electrons. The highest BCUT2D eigenvalue weighted by atomic mass is 16.3. The Morgan fingerprint density at radius 3 is 2.21 bits per heavy atom. The highest BCUT2D eigenvalue weighted by Crippen LogP contribution is 2.25. The highest BCUT2D eigenvalue weighted by molar-refractivity contribution is 6.10. The maximum Gasteiger partial charge on any atom is 0.193 e. The zero-order valence-corrected chi connectivity index (χ0v) is 13.3. The van der Waals surface area contributed by atoms with Gasteiger partial charge < -0.3 is 5.11 Å². The van der Waals surface area contributed by atoms with Gasteiger partial charge >= 0.3 is 0 Å². The summed E-state index contributed by atoms with van der Waals surface area (Å²) in [5.74, 6) is 0.0624. The lowest BCUT2D eigenvalue weighted by molar-refractivity contribution is 0.103. The zero-order valence-electron chi connectivity index (χ0n) is 13.3. The van der Waals surface area contributed by atoms with Gasteiger partial charge in [-0.1, -0.05) is 48.5 Å². The van der Waals surface area contributed by atoms with Crippen LogP contribution in [-0.2, 0) is 0 Å². The average Bonchev–Trinajstić information content (AvgIpc) is 2.63. The molecule has 1 N–H and O–H groups in total. The largest absolute Gasteiger partial charge is 0.507 e. The Morgan fingerprint density at radius 1 is 0.917 bits per heavy atom. The van der Waals surface area contributed by atoms with Crippen molar-refractivity contribution < 1.29 is 9.90 Å². The van der Waals surface area contributed by atoms with Crippen LogP contribution in [0, 0.1) is 6.92 Å². The monoisotopic (exact) mass is 315 g/mol. The molecule has 0 atom stereocenters. The number of hydrogen-bond donors (Lipinski definition) is 1. The molecule has 118 valence electrons. The minimum absolute atomic E-state index is 0.0759. The smallest absolute Gasteiger partial charge is 0.193 e. The summed E-state index contributed by atoms with van der Waals surface area (Å²) < 4.78 is 0. The van der Waals surface area contributed by atoms with Crippen molar-refractivity contribution in [1.82, 2.24) is 0 Å². The molecule has 0 saturated heterocycles. The van der Waals surface area contributed by atoms with Crippen LogP contribution in [-0.4, -0.2) is 17.1 Å². The Kier molecular flexibility index (Phi) is 4.52. The van der Waals surface area contributed by atoms with Crippen molar-refractivity contribution in [2.45, 2.75) is 6.92 Å². The first-order chi connectivity index (χ1) is 11.6. The van der Waals surface area contributed by atoms with Gasteiger partial charge in [0.2, 0.25) is 0 Å². The zero-order chi connectivity index (χ0) is 16.9. The lowest BCUT2D eigenvalue weighted by atomic mass is 9.98. The van der Waals surface area contributed by atoms with Gasteiger partial charge in [0.15, 0.2) is 5.78 Å². The summed E-state index contributed by atoms with van der Waals surface area (Å²) in [5, 5.41) is 10.2. The summed E-state index contributed by atoms with van der Waals surface area (Å²) >= 11 is 0. The van der Waals surface area contributed by atoms with Gasteiger partial charge in [0.05, 0.1) is 5.69 Å². The fraction of sp³-hybridized carbons (Fsp3) is 0.0476. The number of para-hydroxylation sites is 1. The van der Waals surface area contributed by atoms with E-state index in [4.69, 9.17) is 0 Å². The number of aryl methyl sites for hydroxylation is 1. The van der Waals surface area contributed by atoms with E-state index in [2.05, 4.69) is 4.99 Å². The van der Waals surface area contributed by atoms with Gasteiger partial charge in [0.25, 0.3) is 0 Å². The van der Waals surface area contributed by atoms with E-state index in [0.29, 0.717) is 22.3 Å². The second-order valence-electron chi connectivity index (χ2n) is 5.52. The van der Waals surface area contributed by atoms with Crippen LogP contribution in [0.25, 0.3) is 0 Å². The Morgan fingerprint density at radius 2 is 1.54 bits per heavy atom. The van der Waals surface area contributed by atoms with Crippen molar-refractivity contribution in [3.8, 4) is 5.75 Å². The maximum absolute atomic E-state index is 12.6. The van der Waals surface area contributed by atoms with Gasteiger partial charge in [-0.2, -0.15) is 0 Å². The van der Waals surface area contributed by atoms with Crippen LogP contribution >= 0.6 is 0 Å². The number of hydrogen-bond acceptors (Lipinski definition) is 3. The van der Waals surface area contributed by atoms with Crippen molar-refractivity contribution >= 4 is 17.7 Å². The quantitative estimate of drug-likeness (QED) is 0.561. The Labute approximate surface area is 140 Å². The molecule has 0 heterocycles. The first-order valence-corrected chi connectivity index (χ1v) is 7.67. The number of benzene rings is 3. The van der Waals surface area contributed by atoms with E-state index in [1.54, 1.807) is 37.4 Å².